The topological polar surface area (TPSA) is 80.2 Å². The van der Waals surface area contributed by atoms with E-state index in [0.717, 1.165) is 25.5 Å². The van der Waals surface area contributed by atoms with Crippen LogP contribution in [0.4, 0.5) is 0 Å². The molecule has 0 fully saturated rings. The van der Waals surface area contributed by atoms with Crippen LogP contribution in [0.1, 0.15) is 5.82 Å². The summed E-state index contributed by atoms with van der Waals surface area (Å²) in [5, 5.41) is 16.7. The third-order valence-corrected chi connectivity index (χ3v) is 2.45. The summed E-state index contributed by atoms with van der Waals surface area (Å²) in [6.07, 6.45) is 1.75. The van der Waals surface area contributed by atoms with E-state index in [0.29, 0.717) is 6.54 Å². The molecule has 78 valence electrons. The highest BCUT2D eigenvalue weighted by molar-refractivity contribution is 4.90. The van der Waals surface area contributed by atoms with Crippen molar-refractivity contribution in [1.82, 2.24) is 19.7 Å². The Bertz CT molecular complexity index is 300. The van der Waals surface area contributed by atoms with E-state index < -0.39 is 0 Å². The third kappa shape index (κ3) is 1.92. The zero-order valence-electron chi connectivity index (χ0n) is 8.00. The first-order valence-corrected chi connectivity index (χ1v) is 4.75. The zero-order valence-corrected chi connectivity index (χ0v) is 8.00. The van der Waals surface area contributed by atoms with E-state index in [-0.39, 0.29) is 12.6 Å². The molecule has 3 N–H and O–H groups in total. The fourth-order valence-electron chi connectivity index (χ4n) is 1.66. The summed E-state index contributed by atoms with van der Waals surface area (Å²) in [5.41, 5.74) is 5.66. The Hall–Kier alpha value is -0.980. The fourth-order valence-corrected chi connectivity index (χ4v) is 1.66. The minimum absolute atomic E-state index is 0.0309. The van der Waals surface area contributed by atoms with Crippen LogP contribution in [-0.4, -0.2) is 50.5 Å². The predicted molar refractivity (Wildman–Crippen MR) is 50.4 cm³/mol. The van der Waals surface area contributed by atoms with Gasteiger partial charge < -0.3 is 15.4 Å². The van der Waals surface area contributed by atoms with Gasteiger partial charge in [-0.05, 0) is 0 Å². The molecular weight excluding hydrogens is 182 g/mol. The van der Waals surface area contributed by atoms with Crippen molar-refractivity contribution < 1.29 is 5.11 Å². The second-order valence-corrected chi connectivity index (χ2v) is 3.62. The predicted octanol–water partition coefficient (Wildman–Crippen LogP) is -1.59. The number of aromatic nitrogens is 3. The molecule has 0 aliphatic carbocycles. The lowest BCUT2D eigenvalue weighted by Crippen LogP contribution is -2.43. The van der Waals surface area contributed by atoms with Gasteiger partial charge >= 0.3 is 0 Å². The van der Waals surface area contributed by atoms with Crippen molar-refractivity contribution in [3.05, 3.63) is 12.2 Å². The Kier molecular flexibility index (Phi) is 2.76. The molecule has 6 heteroatoms. The quantitative estimate of drug-likeness (QED) is 0.611. The SMILES string of the molecule is NC(CO)CN1CCn2cnnc2C1. The summed E-state index contributed by atoms with van der Waals surface area (Å²) in [6, 6.07) is -0.163. The maximum Gasteiger partial charge on any atom is 0.147 e. The lowest BCUT2D eigenvalue weighted by atomic mass is 10.2. The van der Waals surface area contributed by atoms with Gasteiger partial charge in [-0.25, -0.2) is 0 Å². The Balaban J connectivity index is 1.94. The van der Waals surface area contributed by atoms with E-state index >= 15 is 0 Å². The van der Waals surface area contributed by atoms with Gasteiger partial charge in [0.25, 0.3) is 0 Å². The van der Waals surface area contributed by atoms with Crippen molar-refractivity contribution in [2.75, 3.05) is 19.7 Å². The number of nitrogens with two attached hydrogens (primary N) is 1. The molecule has 14 heavy (non-hydrogen) atoms. The van der Waals surface area contributed by atoms with Crippen molar-refractivity contribution in [3.63, 3.8) is 0 Å². The normalized spacial score (nSPS) is 19.3. The number of aliphatic hydroxyl groups excluding tert-OH is 1. The van der Waals surface area contributed by atoms with Crippen LogP contribution in [0.15, 0.2) is 6.33 Å². The van der Waals surface area contributed by atoms with Crippen molar-refractivity contribution >= 4 is 0 Å². The molecule has 1 atom stereocenters. The molecule has 2 heterocycles. The second kappa shape index (κ2) is 4.04. The summed E-state index contributed by atoms with van der Waals surface area (Å²) >= 11 is 0. The first kappa shape index (κ1) is 9.57. The first-order chi connectivity index (χ1) is 6.79. The number of nitrogens with zero attached hydrogens (tertiary/aromatic N) is 4. The molecule has 2 rings (SSSR count). The lowest BCUT2D eigenvalue weighted by molar-refractivity contribution is 0.172. The Labute approximate surface area is 82.3 Å². The van der Waals surface area contributed by atoms with E-state index in [1.54, 1.807) is 6.33 Å². The van der Waals surface area contributed by atoms with Crippen molar-refractivity contribution in [2.45, 2.75) is 19.1 Å². The molecule has 0 aromatic carbocycles. The maximum atomic E-state index is 8.84. The maximum absolute atomic E-state index is 8.84. The first-order valence-electron chi connectivity index (χ1n) is 4.75. The van der Waals surface area contributed by atoms with E-state index in [1.807, 2.05) is 4.57 Å². The molecule has 1 aliphatic rings. The van der Waals surface area contributed by atoms with E-state index in [9.17, 15) is 0 Å². The number of aliphatic hydroxyl groups is 1. The Morgan fingerprint density at radius 1 is 1.57 bits per heavy atom. The van der Waals surface area contributed by atoms with Crippen LogP contribution in [-0.2, 0) is 13.1 Å². The molecule has 6 nitrogen and oxygen atoms in total. The number of hydrogen-bond acceptors (Lipinski definition) is 5. The van der Waals surface area contributed by atoms with Gasteiger partial charge in [-0.3, -0.25) is 4.90 Å². The van der Waals surface area contributed by atoms with Gasteiger partial charge in [-0.2, -0.15) is 0 Å². The van der Waals surface area contributed by atoms with Gasteiger partial charge in [-0.1, -0.05) is 0 Å². The summed E-state index contributed by atoms with van der Waals surface area (Å²) < 4.78 is 2.04. The summed E-state index contributed by atoms with van der Waals surface area (Å²) in [6.45, 7) is 3.36. The van der Waals surface area contributed by atoms with Crippen LogP contribution in [0.2, 0.25) is 0 Å². The number of rotatable bonds is 3. The lowest BCUT2D eigenvalue weighted by Gasteiger charge is -2.28. The summed E-state index contributed by atoms with van der Waals surface area (Å²) in [4.78, 5) is 2.19. The van der Waals surface area contributed by atoms with Crippen LogP contribution in [0.3, 0.4) is 0 Å². The third-order valence-electron chi connectivity index (χ3n) is 2.45. The Morgan fingerprint density at radius 3 is 3.21 bits per heavy atom. The monoisotopic (exact) mass is 197 g/mol. The standard InChI is InChI=1S/C8H15N5O/c9-7(5-14)3-12-1-2-13-6-10-11-8(13)4-12/h6-7,14H,1-5,9H2. The second-order valence-electron chi connectivity index (χ2n) is 3.62. The van der Waals surface area contributed by atoms with Crippen molar-refractivity contribution in [2.24, 2.45) is 5.73 Å². The molecule has 1 unspecified atom stereocenters. The smallest absolute Gasteiger partial charge is 0.147 e. The molecule has 0 saturated heterocycles. The van der Waals surface area contributed by atoms with Gasteiger partial charge in [0.2, 0.25) is 0 Å². The molecule has 0 amide bonds. The molecule has 1 aliphatic heterocycles. The highest BCUT2D eigenvalue weighted by Gasteiger charge is 2.18. The molecule has 0 saturated carbocycles. The zero-order chi connectivity index (χ0) is 9.97. The van der Waals surface area contributed by atoms with Crippen molar-refractivity contribution in [1.29, 1.82) is 0 Å². The molecule has 1 aromatic rings. The van der Waals surface area contributed by atoms with Gasteiger partial charge in [-0.15, -0.1) is 10.2 Å². The van der Waals surface area contributed by atoms with Crippen LogP contribution < -0.4 is 5.73 Å². The van der Waals surface area contributed by atoms with E-state index in [4.69, 9.17) is 10.8 Å². The van der Waals surface area contributed by atoms with Gasteiger partial charge in [0, 0.05) is 25.7 Å². The highest BCUT2D eigenvalue weighted by Crippen LogP contribution is 2.08. The molecule has 0 radical (unpaired) electrons. The van der Waals surface area contributed by atoms with E-state index in [1.165, 1.54) is 0 Å². The van der Waals surface area contributed by atoms with Crippen LogP contribution in [0.25, 0.3) is 0 Å². The van der Waals surface area contributed by atoms with E-state index in [2.05, 4.69) is 15.1 Å². The van der Waals surface area contributed by atoms with Gasteiger partial charge in [0.15, 0.2) is 0 Å². The largest absolute Gasteiger partial charge is 0.395 e. The minimum atomic E-state index is -0.163. The minimum Gasteiger partial charge on any atom is -0.395 e. The van der Waals surface area contributed by atoms with Crippen LogP contribution in [0.5, 0.6) is 0 Å². The van der Waals surface area contributed by atoms with Crippen LogP contribution >= 0.6 is 0 Å². The fraction of sp³-hybridized carbons (Fsp3) is 0.750. The summed E-state index contributed by atoms with van der Waals surface area (Å²) in [5.74, 6) is 0.974. The Morgan fingerprint density at radius 2 is 2.43 bits per heavy atom. The summed E-state index contributed by atoms with van der Waals surface area (Å²) in [7, 11) is 0. The van der Waals surface area contributed by atoms with Gasteiger partial charge in [0.05, 0.1) is 13.2 Å². The van der Waals surface area contributed by atoms with Crippen molar-refractivity contribution in [3.8, 4) is 0 Å². The average Bonchev–Trinajstić information content (AvgIpc) is 2.64. The number of hydrogen-bond donors (Lipinski definition) is 2. The average molecular weight is 197 g/mol. The molecule has 1 aromatic heterocycles. The molecule has 0 spiro atoms. The molecule has 0 bridgehead atoms. The molecular formula is C8H15N5O. The number of fused-ring (bicyclic) bond motifs is 1. The van der Waals surface area contributed by atoms with Crippen LogP contribution in [0, 0.1) is 0 Å². The highest BCUT2D eigenvalue weighted by atomic mass is 16.3. The van der Waals surface area contributed by atoms with Gasteiger partial charge in [0.1, 0.15) is 12.2 Å².